The zero-order chi connectivity index (χ0) is 12.3. The number of aromatic nitrogens is 1. The number of hydrogen-bond acceptors (Lipinski definition) is 4. The van der Waals surface area contributed by atoms with Crippen LogP contribution in [0.3, 0.4) is 0 Å². The molecule has 1 aliphatic carbocycles. The Balaban J connectivity index is 2.04. The van der Waals surface area contributed by atoms with Crippen molar-refractivity contribution < 1.29 is 9.60 Å². The van der Waals surface area contributed by atoms with Crippen LogP contribution in [0.5, 0.6) is 0 Å². The molecule has 0 bridgehead atoms. The third-order valence-electron chi connectivity index (χ3n) is 2.73. The largest absolute Gasteiger partial charge is 0.409 e. The lowest BCUT2D eigenvalue weighted by Crippen LogP contribution is -2.30. The standard InChI is InChI=1S/C11H15FN4O/c12-8-1-4-11(14-7-8)16(9-2-3-9)6-5-10(13)15-17/h1,4,7,9,17H,2-3,5-6H2,(H2,13,15). The monoisotopic (exact) mass is 238 g/mol. The minimum atomic E-state index is -0.346. The molecule has 17 heavy (non-hydrogen) atoms. The van der Waals surface area contributed by atoms with Crippen molar-refractivity contribution in [2.75, 3.05) is 11.4 Å². The van der Waals surface area contributed by atoms with E-state index >= 15 is 0 Å². The van der Waals surface area contributed by atoms with E-state index in [4.69, 9.17) is 10.9 Å². The average Bonchev–Trinajstić information content (AvgIpc) is 3.15. The van der Waals surface area contributed by atoms with Crippen LogP contribution in [0.2, 0.25) is 0 Å². The number of anilines is 1. The molecule has 1 aromatic rings. The Morgan fingerprint density at radius 2 is 2.35 bits per heavy atom. The number of oxime groups is 1. The first kappa shape index (κ1) is 11.6. The predicted octanol–water partition coefficient (Wildman–Crippen LogP) is 1.33. The van der Waals surface area contributed by atoms with Gasteiger partial charge in [-0.05, 0) is 25.0 Å². The smallest absolute Gasteiger partial charge is 0.141 e. The molecule has 3 N–H and O–H groups in total. The molecule has 5 nitrogen and oxygen atoms in total. The Hall–Kier alpha value is -1.85. The van der Waals surface area contributed by atoms with Crippen LogP contribution in [0.4, 0.5) is 10.2 Å². The summed E-state index contributed by atoms with van der Waals surface area (Å²) in [6.45, 7) is 0.624. The summed E-state index contributed by atoms with van der Waals surface area (Å²) in [6.07, 6.45) is 3.88. The molecule has 6 heteroatoms. The second-order valence-electron chi connectivity index (χ2n) is 4.10. The summed E-state index contributed by atoms with van der Waals surface area (Å²) >= 11 is 0. The van der Waals surface area contributed by atoms with E-state index in [1.54, 1.807) is 6.07 Å². The van der Waals surface area contributed by atoms with Crippen LogP contribution in [-0.2, 0) is 0 Å². The highest BCUT2D eigenvalue weighted by Crippen LogP contribution is 2.30. The minimum Gasteiger partial charge on any atom is -0.409 e. The van der Waals surface area contributed by atoms with Crippen LogP contribution < -0.4 is 10.6 Å². The molecule has 0 amide bonds. The highest BCUT2D eigenvalue weighted by atomic mass is 19.1. The molecule has 0 radical (unpaired) electrons. The lowest BCUT2D eigenvalue weighted by molar-refractivity contribution is 0.317. The Morgan fingerprint density at radius 3 is 2.88 bits per heavy atom. The van der Waals surface area contributed by atoms with Crippen LogP contribution in [-0.4, -0.2) is 28.6 Å². The molecule has 1 heterocycles. The van der Waals surface area contributed by atoms with Gasteiger partial charge >= 0.3 is 0 Å². The third-order valence-corrected chi connectivity index (χ3v) is 2.73. The molecule has 1 saturated carbocycles. The lowest BCUT2D eigenvalue weighted by Gasteiger charge is -2.23. The Labute approximate surface area is 98.7 Å². The van der Waals surface area contributed by atoms with Gasteiger partial charge in [-0.1, -0.05) is 5.16 Å². The number of pyridine rings is 1. The zero-order valence-electron chi connectivity index (χ0n) is 9.38. The van der Waals surface area contributed by atoms with Gasteiger partial charge in [0.2, 0.25) is 0 Å². The van der Waals surface area contributed by atoms with E-state index in [1.165, 1.54) is 12.3 Å². The van der Waals surface area contributed by atoms with Crippen molar-refractivity contribution >= 4 is 11.7 Å². The molecule has 2 rings (SSSR count). The number of nitrogens with two attached hydrogens (primary N) is 1. The van der Waals surface area contributed by atoms with Gasteiger partial charge in [0.05, 0.1) is 6.20 Å². The van der Waals surface area contributed by atoms with Crippen molar-refractivity contribution in [1.29, 1.82) is 0 Å². The second kappa shape index (κ2) is 4.99. The van der Waals surface area contributed by atoms with E-state index in [0.29, 0.717) is 19.0 Å². The van der Waals surface area contributed by atoms with E-state index in [1.807, 2.05) is 0 Å². The SMILES string of the molecule is N/C(CCN(c1ccc(F)cn1)C1CC1)=N\O. The molecule has 1 aromatic heterocycles. The minimum absolute atomic E-state index is 0.192. The van der Waals surface area contributed by atoms with Crippen molar-refractivity contribution in [1.82, 2.24) is 4.98 Å². The summed E-state index contributed by atoms with van der Waals surface area (Å²) < 4.78 is 12.8. The maximum atomic E-state index is 12.8. The molecule has 0 spiro atoms. The van der Waals surface area contributed by atoms with Gasteiger partial charge in [-0.25, -0.2) is 9.37 Å². The highest BCUT2D eigenvalue weighted by Gasteiger charge is 2.29. The second-order valence-corrected chi connectivity index (χ2v) is 4.10. The van der Waals surface area contributed by atoms with Crippen LogP contribution in [0.25, 0.3) is 0 Å². The van der Waals surface area contributed by atoms with Gasteiger partial charge in [-0.3, -0.25) is 0 Å². The van der Waals surface area contributed by atoms with Gasteiger partial charge in [0.25, 0.3) is 0 Å². The van der Waals surface area contributed by atoms with Crippen LogP contribution in [0.15, 0.2) is 23.5 Å². The molecule has 0 saturated heterocycles. The Kier molecular flexibility index (Phi) is 3.41. The first-order chi connectivity index (χ1) is 8.20. The predicted molar refractivity (Wildman–Crippen MR) is 62.6 cm³/mol. The van der Waals surface area contributed by atoms with Crippen molar-refractivity contribution in [2.45, 2.75) is 25.3 Å². The maximum Gasteiger partial charge on any atom is 0.141 e. The molecule has 0 unspecified atom stereocenters. The first-order valence-electron chi connectivity index (χ1n) is 5.55. The van der Waals surface area contributed by atoms with Gasteiger partial charge < -0.3 is 15.8 Å². The number of halogens is 1. The van der Waals surface area contributed by atoms with Crippen LogP contribution in [0, 0.1) is 5.82 Å². The van der Waals surface area contributed by atoms with Gasteiger partial charge in [-0.15, -0.1) is 0 Å². The van der Waals surface area contributed by atoms with Gasteiger partial charge in [0, 0.05) is 19.0 Å². The first-order valence-corrected chi connectivity index (χ1v) is 5.55. The van der Waals surface area contributed by atoms with Crippen molar-refractivity contribution in [3.05, 3.63) is 24.1 Å². The van der Waals surface area contributed by atoms with E-state index in [-0.39, 0.29) is 11.7 Å². The van der Waals surface area contributed by atoms with Crippen molar-refractivity contribution in [3.63, 3.8) is 0 Å². The van der Waals surface area contributed by atoms with E-state index in [9.17, 15) is 4.39 Å². The van der Waals surface area contributed by atoms with Gasteiger partial charge in [-0.2, -0.15) is 0 Å². The normalized spacial score (nSPS) is 15.9. The molecule has 92 valence electrons. The molecular formula is C11H15FN4O. The Bertz CT molecular complexity index is 402. The summed E-state index contributed by atoms with van der Waals surface area (Å²) in [6, 6.07) is 3.49. The molecule has 0 aromatic carbocycles. The van der Waals surface area contributed by atoms with Gasteiger partial charge in [0.15, 0.2) is 0 Å². The number of amidine groups is 1. The van der Waals surface area contributed by atoms with E-state index in [0.717, 1.165) is 18.7 Å². The summed E-state index contributed by atoms with van der Waals surface area (Å²) in [5.74, 6) is 0.582. The quantitative estimate of drug-likeness (QED) is 0.351. The fourth-order valence-corrected chi connectivity index (χ4v) is 1.69. The molecule has 0 atom stereocenters. The number of nitrogens with zero attached hydrogens (tertiary/aromatic N) is 3. The van der Waals surface area contributed by atoms with Gasteiger partial charge in [0.1, 0.15) is 17.5 Å². The number of hydrogen-bond donors (Lipinski definition) is 2. The summed E-state index contributed by atoms with van der Waals surface area (Å²) in [7, 11) is 0. The molecule has 0 aliphatic heterocycles. The number of rotatable bonds is 5. The van der Waals surface area contributed by atoms with Crippen LogP contribution >= 0.6 is 0 Å². The third kappa shape index (κ3) is 3.05. The maximum absolute atomic E-state index is 12.8. The fourth-order valence-electron chi connectivity index (χ4n) is 1.69. The Morgan fingerprint density at radius 1 is 1.59 bits per heavy atom. The molecular weight excluding hydrogens is 223 g/mol. The zero-order valence-corrected chi connectivity index (χ0v) is 9.38. The summed E-state index contributed by atoms with van der Waals surface area (Å²) in [5, 5.41) is 11.4. The topological polar surface area (TPSA) is 74.7 Å². The fraction of sp³-hybridized carbons (Fsp3) is 0.455. The molecule has 1 fully saturated rings. The van der Waals surface area contributed by atoms with E-state index < -0.39 is 0 Å². The lowest BCUT2D eigenvalue weighted by atomic mass is 10.3. The summed E-state index contributed by atoms with van der Waals surface area (Å²) in [4.78, 5) is 6.12. The van der Waals surface area contributed by atoms with Crippen molar-refractivity contribution in [3.8, 4) is 0 Å². The molecule has 1 aliphatic rings. The summed E-state index contributed by atoms with van der Waals surface area (Å²) in [5.41, 5.74) is 5.44. The van der Waals surface area contributed by atoms with Crippen LogP contribution in [0.1, 0.15) is 19.3 Å². The van der Waals surface area contributed by atoms with E-state index in [2.05, 4.69) is 15.0 Å². The highest BCUT2D eigenvalue weighted by molar-refractivity contribution is 5.80. The van der Waals surface area contributed by atoms with Crippen molar-refractivity contribution in [2.24, 2.45) is 10.9 Å². The average molecular weight is 238 g/mol.